The molecule has 0 amide bonds. The lowest BCUT2D eigenvalue weighted by Crippen LogP contribution is -2.18. The Morgan fingerprint density at radius 2 is 1.35 bits per heavy atom. The van der Waals surface area contributed by atoms with Gasteiger partial charge >= 0.3 is 0 Å². The Morgan fingerprint density at radius 3 is 1.90 bits per heavy atom. The van der Waals surface area contributed by atoms with Crippen molar-refractivity contribution in [3.05, 3.63) is 65.7 Å². The maximum atomic E-state index is 6.05. The zero-order chi connectivity index (χ0) is 14.2. The van der Waals surface area contributed by atoms with Gasteiger partial charge in [-0.25, -0.2) is 0 Å². The van der Waals surface area contributed by atoms with Crippen LogP contribution >= 0.6 is 0 Å². The SMILES string of the molecule is CC[SiH](CC)Oc1ccc(C=Cc2ccccc2)cc1. The molecule has 0 bridgehead atoms. The van der Waals surface area contributed by atoms with Gasteiger partial charge in [-0.2, -0.15) is 0 Å². The van der Waals surface area contributed by atoms with E-state index in [0.29, 0.717) is 0 Å². The largest absolute Gasteiger partial charge is 0.546 e. The summed E-state index contributed by atoms with van der Waals surface area (Å²) in [5, 5.41) is 0. The van der Waals surface area contributed by atoms with E-state index in [9.17, 15) is 0 Å². The van der Waals surface area contributed by atoms with Crippen LogP contribution in [-0.4, -0.2) is 9.04 Å². The molecule has 104 valence electrons. The molecule has 0 unspecified atom stereocenters. The maximum Gasteiger partial charge on any atom is 0.234 e. The van der Waals surface area contributed by atoms with Crippen LogP contribution in [0.5, 0.6) is 5.75 Å². The van der Waals surface area contributed by atoms with Crippen LogP contribution in [0.4, 0.5) is 0 Å². The molecule has 0 aliphatic rings. The van der Waals surface area contributed by atoms with Gasteiger partial charge in [0.05, 0.1) is 0 Å². The molecule has 0 atom stereocenters. The van der Waals surface area contributed by atoms with Crippen LogP contribution in [0.1, 0.15) is 25.0 Å². The van der Waals surface area contributed by atoms with Gasteiger partial charge in [-0.3, -0.25) is 0 Å². The highest BCUT2D eigenvalue weighted by atomic mass is 28.3. The van der Waals surface area contributed by atoms with Crippen molar-refractivity contribution in [1.82, 2.24) is 0 Å². The smallest absolute Gasteiger partial charge is 0.234 e. The number of hydrogen-bond acceptors (Lipinski definition) is 1. The van der Waals surface area contributed by atoms with Crippen molar-refractivity contribution in [2.24, 2.45) is 0 Å². The highest BCUT2D eigenvalue weighted by Gasteiger charge is 2.07. The van der Waals surface area contributed by atoms with Gasteiger partial charge in [-0.05, 0) is 35.3 Å². The summed E-state index contributed by atoms with van der Waals surface area (Å²) in [6, 6.07) is 21.1. The van der Waals surface area contributed by atoms with Crippen molar-refractivity contribution in [2.75, 3.05) is 0 Å². The quantitative estimate of drug-likeness (QED) is 0.535. The molecule has 0 spiro atoms. The molecule has 0 aliphatic heterocycles. The molecule has 2 aromatic carbocycles. The van der Waals surface area contributed by atoms with Gasteiger partial charge < -0.3 is 4.43 Å². The minimum Gasteiger partial charge on any atom is -0.546 e. The minimum atomic E-state index is -1.02. The van der Waals surface area contributed by atoms with Crippen LogP contribution in [0.25, 0.3) is 12.2 Å². The van der Waals surface area contributed by atoms with E-state index in [0.717, 1.165) is 5.75 Å². The summed E-state index contributed by atoms with van der Waals surface area (Å²) in [4.78, 5) is 0. The molecule has 2 aromatic rings. The fourth-order valence-electron chi connectivity index (χ4n) is 2.06. The van der Waals surface area contributed by atoms with Crippen LogP contribution in [0.2, 0.25) is 12.1 Å². The van der Waals surface area contributed by atoms with Crippen molar-refractivity contribution >= 4 is 21.2 Å². The highest BCUT2D eigenvalue weighted by molar-refractivity contribution is 6.52. The van der Waals surface area contributed by atoms with Crippen LogP contribution in [0, 0.1) is 0 Å². The third kappa shape index (κ3) is 4.39. The molecule has 2 rings (SSSR count). The fraction of sp³-hybridized carbons (Fsp3) is 0.222. The molecule has 0 aliphatic carbocycles. The van der Waals surface area contributed by atoms with Crippen LogP contribution in [-0.2, 0) is 0 Å². The van der Waals surface area contributed by atoms with Crippen molar-refractivity contribution < 1.29 is 4.43 Å². The second-order valence-corrected chi connectivity index (χ2v) is 7.98. The van der Waals surface area contributed by atoms with Crippen molar-refractivity contribution in [2.45, 2.75) is 25.9 Å². The van der Waals surface area contributed by atoms with Gasteiger partial charge in [0, 0.05) is 0 Å². The van der Waals surface area contributed by atoms with Crippen molar-refractivity contribution in [3.63, 3.8) is 0 Å². The van der Waals surface area contributed by atoms with Crippen LogP contribution in [0.15, 0.2) is 54.6 Å². The first-order valence-electron chi connectivity index (χ1n) is 7.31. The van der Waals surface area contributed by atoms with Gasteiger partial charge in [0.2, 0.25) is 9.04 Å². The van der Waals surface area contributed by atoms with Crippen molar-refractivity contribution in [1.29, 1.82) is 0 Å². The summed E-state index contributed by atoms with van der Waals surface area (Å²) >= 11 is 0. The Kier molecular flexibility index (Phi) is 5.63. The summed E-state index contributed by atoms with van der Waals surface area (Å²) in [6.07, 6.45) is 4.26. The molecule has 1 nitrogen and oxygen atoms in total. The van der Waals surface area contributed by atoms with E-state index in [1.807, 2.05) is 6.07 Å². The fourth-order valence-corrected chi connectivity index (χ4v) is 3.51. The third-order valence-electron chi connectivity index (χ3n) is 3.36. The third-order valence-corrected chi connectivity index (χ3v) is 5.79. The molecular weight excluding hydrogens is 260 g/mol. The van der Waals surface area contributed by atoms with Gasteiger partial charge in [0.15, 0.2) is 0 Å². The van der Waals surface area contributed by atoms with Crippen LogP contribution < -0.4 is 4.43 Å². The van der Waals surface area contributed by atoms with E-state index >= 15 is 0 Å². The van der Waals surface area contributed by atoms with Crippen molar-refractivity contribution in [3.8, 4) is 5.75 Å². The van der Waals surface area contributed by atoms with E-state index in [1.54, 1.807) is 0 Å². The average molecular weight is 282 g/mol. The number of benzene rings is 2. The Morgan fingerprint density at radius 1 is 0.800 bits per heavy atom. The monoisotopic (exact) mass is 282 g/mol. The molecule has 0 aromatic heterocycles. The summed E-state index contributed by atoms with van der Waals surface area (Å²) in [5.41, 5.74) is 2.42. The van der Waals surface area contributed by atoms with Crippen LogP contribution in [0.3, 0.4) is 0 Å². The topological polar surface area (TPSA) is 9.23 Å². The molecule has 0 heterocycles. The molecule has 20 heavy (non-hydrogen) atoms. The first kappa shape index (κ1) is 14.6. The second kappa shape index (κ2) is 7.71. The molecule has 0 radical (unpaired) electrons. The zero-order valence-corrected chi connectivity index (χ0v) is 13.4. The lowest BCUT2D eigenvalue weighted by atomic mass is 10.1. The molecule has 0 saturated heterocycles. The van der Waals surface area contributed by atoms with Gasteiger partial charge in [0.25, 0.3) is 0 Å². The summed E-state index contributed by atoms with van der Waals surface area (Å²) in [7, 11) is -1.02. The standard InChI is InChI=1S/C18H22OSi/c1-3-20(4-2)19-18-14-12-17(13-15-18)11-10-16-8-6-5-7-9-16/h5-15,20H,3-4H2,1-2H3. The Hall–Kier alpha value is -1.80. The average Bonchev–Trinajstić information content (AvgIpc) is 2.53. The molecule has 0 fully saturated rings. The van der Waals surface area contributed by atoms with Gasteiger partial charge in [-0.1, -0.05) is 68.5 Å². The Labute approximate surface area is 123 Å². The zero-order valence-electron chi connectivity index (χ0n) is 12.3. The first-order chi connectivity index (χ1) is 9.81. The minimum absolute atomic E-state index is 1.02. The van der Waals surface area contributed by atoms with Gasteiger partial charge in [0.1, 0.15) is 5.75 Å². The maximum absolute atomic E-state index is 6.05. The van der Waals surface area contributed by atoms with E-state index in [1.165, 1.54) is 23.2 Å². The second-order valence-electron chi connectivity index (χ2n) is 4.87. The predicted molar refractivity (Wildman–Crippen MR) is 90.6 cm³/mol. The molecule has 0 N–H and O–H groups in total. The molecule has 2 heteroatoms. The lowest BCUT2D eigenvalue weighted by molar-refractivity contribution is 0.566. The number of rotatable bonds is 6. The first-order valence-corrected chi connectivity index (χ1v) is 9.42. The predicted octanol–water partition coefficient (Wildman–Crippen LogP) is 5.00. The summed E-state index contributed by atoms with van der Waals surface area (Å²) < 4.78 is 6.05. The van der Waals surface area contributed by atoms with E-state index in [-0.39, 0.29) is 0 Å². The van der Waals surface area contributed by atoms with E-state index in [4.69, 9.17) is 4.43 Å². The summed E-state index contributed by atoms with van der Waals surface area (Å²) in [5.74, 6) is 1.02. The molecule has 0 saturated carbocycles. The summed E-state index contributed by atoms with van der Waals surface area (Å²) in [6.45, 7) is 4.44. The lowest BCUT2D eigenvalue weighted by Gasteiger charge is -2.14. The number of hydrogen-bond donors (Lipinski definition) is 0. The molecular formula is C18H22OSi. The Bertz CT molecular complexity index is 527. The normalized spacial score (nSPS) is 11.2. The highest BCUT2D eigenvalue weighted by Crippen LogP contribution is 2.16. The van der Waals surface area contributed by atoms with E-state index in [2.05, 4.69) is 74.5 Å². The van der Waals surface area contributed by atoms with Gasteiger partial charge in [-0.15, -0.1) is 0 Å². The Balaban J connectivity index is 2.00. The van der Waals surface area contributed by atoms with E-state index < -0.39 is 9.04 Å².